The van der Waals surface area contributed by atoms with E-state index in [2.05, 4.69) is 9.47 Å². The Bertz CT molecular complexity index is 211. The monoisotopic (exact) mass is 232 g/mol. The summed E-state index contributed by atoms with van der Waals surface area (Å²) < 4.78 is 18.7. The summed E-state index contributed by atoms with van der Waals surface area (Å²) in [5.41, 5.74) is 0. The highest BCUT2D eigenvalue weighted by atomic mass is 16.7. The topological polar surface area (TPSA) is 71.1 Å². The van der Waals surface area contributed by atoms with E-state index in [4.69, 9.17) is 9.47 Å². The zero-order valence-corrected chi connectivity index (χ0v) is 9.43. The van der Waals surface area contributed by atoms with E-state index in [1.165, 1.54) is 0 Å². The highest BCUT2D eigenvalue weighted by Crippen LogP contribution is 1.87. The molecule has 92 valence electrons. The maximum Gasteiger partial charge on any atom is 0.333 e. The highest BCUT2D eigenvalue weighted by Gasteiger charge is 2.00. The second-order valence-corrected chi connectivity index (χ2v) is 2.48. The first-order valence-electron chi connectivity index (χ1n) is 4.87. The van der Waals surface area contributed by atoms with Gasteiger partial charge in [0.2, 0.25) is 0 Å². The smallest absolute Gasteiger partial charge is 0.333 e. The van der Waals surface area contributed by atoms with Gasteiger partial charge in [0.25, 0.3) is 0 Å². The lowest BCUT2D eigenvalue weighted by Gasteiger charge is -2.01. The first-order valence-corrected chi connectivity index (χ1v) is 4.87. The summed E-state index contributed by atoms with van der Waals surface area (Å²) in [6.45, 7) is 4.19. The van der Waals surface area contributed by atoms with Crippen LogP contribution in [0.4, 0.5) is 0 Å². The van der Waals surface area contributed by atoms with Gasteiger partial charge in [-0.15, -0.1) is 0 Å². The van der Waals surface area contributed by atoms with Gasteiger partial charge in [-0.05, 0) is 13.8 Å². The Hall–Kier alpha value is -1.40. The van der Waals surface area contributed by atoms with Crippen molar-refractivity contribution in [1.29, 1.82) is 0 Å². The quantitative estimate of drug-likeness (QED) is 0.264. The molecule has 0 saturated carbocycles. The lowest BCUT2D eigenvalue weighted by Crippen LogP contribution is -2.08. The van der Waals surface area contributed by atoms with Gasteiger partial charge in [-0.2, -0.15) is 0 Å². The molecule has 0 bridgehead atoms. The summed E-state index contributed by atoms with van der Waals surface area (Å²) >= 11 is 0. The average molecular weight is 232 g/mol. The van der Waals surface area contributed by atoms with Crippen molar-refractivity contribution in [2.24, 2.45) is 0 Å². The predicted molar refractivity (Wildman–Crippen MR) is 54.3 cm³/mol. The molecule has 0 aliphatic rings. The van der Waals surface area contributed by atoms with Gasteiger partial charge in [-0.3, -0.25) is 0 Å². The van der Waals surface area contributed by atoms with Gasteiger partial charge >= 0.3 is 11.9 Å². The van der Waals surface area contributed by atoms with E-state index in [9.17, 15) is 9.59 Å². The number of carbonyl (C=O) groups is 2. The van der Waals surface area contributed by atoms with Gasteiger partial charge in [0.15, 0.2) is 13.6 Å². The SMILES string of the molecule is CCOCOC(=O)/C=C/C(=O)OCOCC. The molecule has 0 unspecified atom stereocenters. The van der Waals surface area contributed by atoms with Crippen molar-refractivity contribution in [2.45, 2.75) is 13.8 Å². The van der Waals surface area contributed by atoms with Crippen LogP contribution in [0.5, 0.6) is 0 Å². The third kappa shape index (κ3) is 9.17. The van der Waals surface area contributed by atoms with Crippen LogP contribution in [0.3, 0.4) is 0 Å². The Morgan fingerprint density at radius 3 is 1.56 bits per heavy atom. The average Bonchev–Trinajstić information content (AvgIpc) is 2.27. The van der Waals surface area contributed by atoms with Crippen molar-refractivity contribution in [2.75, 3.05) is 26.8 Å². The van der Waals surface area contributed by atoms with Gasteiger partial charge in [-0.25, -0.2) is 9.59 Å². The van der Waals surface area contributed by atoms with Crippen LogP contribution in [0.1, 0.15) is 13.8 Å². The summed E-state index contributed by atoms with van der Waals surface area (Å²) in [6, 6.07) is 0. The van der Waals surface area contributed by atoms with Crippen molar-refractivity contribution in [1.82, 2.24) is 0 Å². The van der Waals surface area contributed by atoms with E-state index in [0.717, 1.165) is 12.2 Å². The molecule has 0 radical (unpaired) electrons. The fourth-order valence-corrected chi connectivity index (χ4v) is 0.598. The van der Waals surface area contributed by atoms with E-state index < -0.39 is 11.9 Å². The molecule has 0 aliphatic heterocycles. The van der Waals surface area contributed by atoms with Crippen LogP contribution >= 0.6 is 0 Å². The minimum atomic E-state index is -0.665. The Morgan fingerprint density at radius 1 is 0.875 bits per heavy atom. The van der Waals surface area contributed by atoms with Crippen LogP contribution in [0.15, 0.2) is 12.2 Å². The predicted octanol–water partition coefficient (Wildman–Crippen LogP) is 0.617. The minimum Gasteiger partial charge on any atom is -0.435 e. The normalized spacial score (nSPS) is 10.4. The molecule has 6 heteroatoms. The third-order valence-electron chi connectivity index (χ3n) is 1.33. The van der Waals surface area contributed by atoms with Crippen LogP contribution < -0.4 is 0 Å². The molecule has 0 fully saturated rings. The first-order chi connectivity index (χ1) is 7.70. The summed E-state index contributed by atoms with van der Waals surface area (Å²) in [6.07, 6.45) is 1.93. The zero-order chi connectivity index (χ0) is 12.2. The van der Waals surface area contributed by atoms with Gasteiger partial charge in [-0.1, -0.05) is 0 Å². The highest BCUT2D eigenvalue weighted by molar-refractivity contribution is 5.91. The molecular weight excluding hydrogens is 216 g/mol. The standard InChI is InChI=1S/C10H16O6/c1-3-13-7-15-9(11)5-6-10(12)16-8-14-4-2/h5-6H,3-4,7-8H2,1-2H3/b6-5+. The molecular formula is C10H16O6. The summed E-state index contributed by atoms with van der Waals surface area (Å²) in [7, 11) is 0. The van der Waals surface area contributed by atoms with E-state index in [1.54, 1.807) is 13.8 Å². The maximum absolute atomic E-state index is 10.9. The van der Waals surface area contributed by atoms with Gasteiger partial charge < -0.3 is 18.9 Å². The van der Waals surface area contributed by atoms with Crippen molar-refractivity contribution >= 4 is 11.9 Å². The zero-order valence-electron chi connectivity index (χ0n) is 9.43. The molecule has 0 amide bonds. The van der Waals surface area contributed by atoms with E-state index in [1.807, 2.05) is 0 Å². The van der Waals surface area contributed by atoms with Crippen molar-refractivity contribution < 1.29 is 28.5 Å². The van der Waals surface area contributed by atoms with E-state index in [0.29, 0.717) is 13.2 Å². The number of hydrogen-bond donors (Lipinski definition) is 0. The van der Waals surface area contributed by atoms with Crippen molar-refractivity contribution in [3.05, 3.63) is 12.2 Å². The summed E-state index contributed by atoms with van der Waals surface area (Å²) in [4.78, 5) is 21.8. The Morgan fingerprint density at radius 2 is 1.25 bits per heavy atom. The lowest BCUT2D eigenvalue weighted by molar-refractivity contribution is -0.152. The molecule has 16 heavy (non-hydrogen) atoms. The first kappa shape index (κ1) is 14.6. The molecule has 0 aromatic rings. The number of ether oxygens (including phenoxy) is 4. The Kier molecular flexibility index (Phi) is 9.24. The van der Waals surface area contributed by atoms with Crippen LogP contribution in [0.2, 0.25) is 0 Å². The molecule has 0 aromatic carbocycles. The molecule has 0 N–H and O–H groups in total. The lowest BCUT2D eigenvalue weighted by atomic mass is 10.5. The summed E-state index contributed by atoms with van der Waals surface area (Å²) in [5.74, 6) is -1.33. The Balaban J connectivity index is 3.63. The fraction of sp³-hybridized carbons (Fsp3) is 0.600. The molecule has 0 aromatic heterocycles. The van der Waals surface area contributed by atoms with Crippen LogP contribution in [0, 0.1) is 0 Å². The molecule has 0 atom stereocenters. The Labute approximate surface area is 94.1 Å². The molecule has 0 spiro atoms. The number of hydrogen-bond acceptors (Lipinski definition) is 6. The van der Waals surface area contributed by atoms with Crippen LogP contribution in [-0.4, -0.2) is 38.7 Å². The molecule has 0 aliphatic carbocycles. The third-order valence-corrected chi connectivity index (χ3v) is 1.33. The van der Waals surface area contributed by atoms with Crippen molar-refractivity contribution in [3.63, 3.8) is 0 Å². The van der Waals surface area contributed by atoms with E-state index >= 15 is 0 Å². The van der Waals surface area contributed by atoms with Gasteiger partial charge in [0.05, 0.1) is 0 Å². The fourth-order valence-electron chi connectivity index (χ4n) is 0.598. The number of esters is 2. The second kappa shape index (κ2) is 10.1. The molecule has 6 nitrogen and oxygen atoms in total. The van der Waals surface area contributed by atoms with Crippen LogP contribution in [-0.2, 0) is 28.5 Å². The van der Waals surface area contributed by atoms with Gasteiger partial charge in [0.1, 0.15) is 0 Å². The second-order valence-electron chi connectivity index (χ2n) is 2.48. The molecule has 0 rings (SSSR count). The molecule has 0 saturated heterocycles. The summed E-state index contributed by atoms with van der Waals surface area (Å²) in [5, 5.41) is 0. The molecule has 0 heterocycles. The van der Waals surface area contributed by atoms with E-state index in [-0.39, 0.29) is 13.6 Å². The van der Waals surface area contributed by atoms with Crippen molar-refractivity contribution in [3.8, 4) is 0 Å². The number of carbonyl (C=O) groups excluding carboxylic acids is 2. The largest absolute Gasteiger partial charge is 0.435 e. The number of rotatable bonds is 8. The minimum absolute atomic E-state index is 0.131. The maximum atomic E-state index is 10.9. The van der Waals surface area contributed by atoms with Gasteiger partial charge in [0, 0.05) is 25.4 Å². The van der Waals surface area contributed by atoms with Crippen LogP contribution in [0.25, 0.3) is 0 Å².